The highest BCUT2D eigenvalue weighted by atomic mass is 35.5. The Balaban J connectivity index is 1.62. The molecule has 1 aromatic heterocycles. The van der Waals surface area contributed by atoms with Gasteiger partial charge in [0.2, 0.25) is 0 Å². The van der Waals surface area contributed by atoms with Gasteiger partial charge in [-0.15, -0.1) is 11.3 Å². The maximum atomic E-state index is 13.2. The van der Waals surface area contributed by atoms with Gasteiger partial charge in [0.05, 0.1) is 27.6 Å². The van der Waals surface area contributed by atoms with E-state index >= 15 is 0 Å². The van der Waals surface area contributed by atoms with E-state index in [4.69, 9.17) is 16.3 Å². The number of hydrogen-bond donors (Lipinski definition) is 1. The monoisotopic (exact) mass is 528 g/mol. The van der Waals surface area contributed by atoms with Crippen molar-refractivity contribution in [2.24, 2.45) is 0 Å². The third-order valence-electron chi connectivity index (χ3n) is 5.78. The molecular formula is C26H25ClN2O4S2. The Labute approximate surface area is 214 Å². The summed E-state index contributed by atoms with van der Waals surface area (Å²) in [4.78, 5) is 13.6. The molecular weight excluding hydrogens is 504 g/mol. The second-order valence-corrected chi connectivity index (χ2v) is 11.8. The number of ether oxygens (including phenoxy) is 1. The van der Waals surface area contributed by atoms with E-state index in [1.54, 1.807) is 18.2 Å². The molecule has 1 N–H and O–H groups in total. The van der Waals surface area contributed by atoms with Gasteiger partial charge in [-0.1, -0.05) is 29.3 Å². The molecule has 3 aromatic carbocycles. The fraction of sp³-hybridized carbons (Fsp3) is 0.192. The van der Waals surface area contributed by atoms with Crippen molar-refractivity contribution in [2.45, 2.75) is 25.7 Å². The predicted molar refractivity (Wildman–Crippen MR) is 144 cm³/mol. The van der Waals surface area contributed by atoms with Gasteiger partial charge in [-0.2, -0.15) is 0 Å². The van der Waals surface area contributed by atoms with E-state index in [1.165, 1.54) is 48.0 Å². The highest BCUT2D eigenvalue weighted by molar-refractivity contribution is 7.92. The number of carbonyl (C=O) groups excluding carboxylic acids is 1. The minimum Gasteiger partial charge on any atom is -0.495 e. The number of anilines is 2. The van der Waals surface area contributed by atoms with Crippen LogP contribution in [0.25, 0.3) is 10.1 Å². The molecule has 0 fully saturated rings. The molecule has 0 spiro atoms. The van der Waals surface area contributed by atoms with Crippen molar-refractivity contribution < 1.29 is 17.9 Å². The summed E-state index contributed by atoms with van der Waals surface area (Å²) in [6.07, 6.45) is 0. The van der Waals surface area contributed by atoms with Crippen LogP contribution in [0.5, 0.6) is 5.75 Å². The highest BCUT2D eigenvalue weighted by Crippen LogP contribution is 2.33. The SMILES string of the molecule is COc1ccc(S(=O)(=O)N(C)c2ccc3sc(C(=O)Nc4c(C)cc(C)cc4C)cc3c2)cc1Cl. The van der Waals surface area contributed by atoms with Gasteiger partial charge in [0.1, 0.15) is 5.75 Å². The molecule has 0 radical (unpaired) electrons. The zero-order valence-corrected chi connectivity index (χ0v) is 22.4. The summed E-state index contributed by atoms with van der Waals surface area (Å²) >= 11 is 7.50. The summed E-state index contributed by atoms with van der Waals surface area (Å²) in [5.74, 6) is 0.200. The van der Waals surface area contributed by atoms with E-state index < -0.39 is 10.0 Å². The second kappa shape index (κ2) is 9.53. The van der Waals surface area contributed by atoms with Crippen LogP contribution in [-0.2, 0) is 10.0 Å². The molecule has 35 heavy (non-hydrogen) atoms. The average molecular weight is 529 g/mol. The molecule has 182 valence electrons. The van der Waals surface area contributed by atoms with Crippen LogP contribution in [0.3, 0.4) is 0 Å². The molecule has 0 saturated heterocycles. The van der Waals surface area contributed by atoms with Crippen LogP contribution in [-0.4, -0.2) is 28.5 Å². The molecule has 0 bridgehead atoms. The lowest BCUT2D eigenvalue weighted by Crippen LogP contribution is -2.26. The van der Waals surface area contributed by atoms with E-state index in [0.29, 0.717) is 16.3 Å². The van der Waals surface area contributed by atoms with Crippen molar-refractivity contribution in [3.05, 3.63) is 81.2 Å². The van der Waals surface area contributed by atoms with E-state index in [2.05, 4.69) is 5.32 Å². The fourth-order valence-corrected chi connectivity index (χ4v) is 6.47. The van der Waals surface area contributed by atoms with Crippen molar-refractivity contribution in [1.29, 1.82) is 0 Å². The zero-order chi connectivity index (χ0) is 25.5. The largest absolute Gasteiger partial charge is 0.495 e. The number of amides is 1. The first kappa shape index (κ1) is 25.0. The molecule has 0 aliphatic carbocycles. The Bertz CT molecular complexity index is 1540. The molecule has 6 nitrogen and oxygen atoms in total. The topological polar surface area (TPSA) is 75.7 Å². The van der Waals surface area contributed by atoms with Crippen LogP contribution in [0.1, 0.15) is 26.4 Å². The number of benzene rings is 3. The Kier molecular flexibility index (Phi) is 6.81. The highest BCUT2D eigenvalue weighted by Gasteiger charge is 2.23. The maximum absolute atomic E-state index is 13.2. The molecule has 4 rings (SSSR count). The minimum atomic E-state index is -3.85. The number of methoxy groups -OCH3 is 1. The molecule has 0 saturated carbocycles. The van der Waals surface area contributed by atoms with Crippen LogP contribution in [0.15, 0.2) is 59.5 Å². The van der Waals surface area contributed by atoms with Crippen molar-refractivity contribution >= 4 is 60.3 Å². The van der Waals surface area contributed by atoms with Gasteiger partial charge in [-0.3, -0.25) is 9.10 Å². The summed E-state index contributed by atoms with van der Waals surface area (Å²) in [5, 5.41) is 4.02. The molecule has 9 heteroatoms. The Morgan fingerprint density at radius 2 is 1.69 bits per heavy atom. The molecule has 0 unspecified atom stereocenters. The van der Waals surface area contributed by atoms with Gasteiger partial charge >= 0.3 is 0 Å². The van der Waals surface area contributed by atoms with Gasteiger partial charge < -0.3 is 10.1 Å². The summed E-state index contributed by atoms with van der Waals surface area (Å²) in [5.41, 5.74) is 4.43. The first-order valence-electron chi connectivity index (χ1n) is 10.8. The molecule has 0 atom stereocenters. The lowest BCUT2D eigenvalue weighted by molar-refractivity contribution is 0.103. The standard InChI is InChI=1S/C26H25ClN2O4S2/c1-15-10-16(2)25(17(3)11-15)28-26(30)24-13-18-12-19(6-9-23(18)34-24)29(4)35(31,32)20-7-8-22(33-5)21(27)14-20/h6-14H,1-5H3,(H,28,30). The third-order valence-corrected chi connectivity index (χ3v) is 8.98. The van der Waals surface area contributed by atoms with Gasteiger partial charge in [-0.25, -0.2) is 8.42 Å². The van der Waals surface area contributed by atoms with E-state index in [-0.39, 0.29) is 15.8 Å². The van der Waals surface area contributed by atoms with Crippen molar-refractivity contribution in [3.63, 3.8) is 0 Å². The van der Waals surface area contributed by atoms with Crippen LogP contribution in [0.4, 0.5) is 11.4 Å². The molecule has 0 aliphatic rings. The number of hydrogen-bond acceptors (Lipinski definition) is 5. The Morgan fingerprint density at radius 3 is 2.31 bits per heavy atom. The van der Waals surface area contributed by atoms with Gasteiger partial charge in [0.15, 0.2) is 0 Å². The number of nitrogens with one attached hydrogen (secondary N) is 1. The number of fused-ring (bicyclic) bond motifs is 1. The van der Waals surface area contributed by atoms with E-state index in [9.17, 15) is 13.2 Å². The summed E-state index contributed by atoms with van der Waals surface area (Å²) in [6, 6.07) is 15.5. The summed E-state index contributed by atoms with van der Waals surface area (Å²) in [7, 11) is -0.903. The van der Waals surface area contributed by atoms with Gasteiger partial charge in [0, 0.05) is 17.4 Å². The number of rotatable bonds is 6. The second-order valence-electron chi connectivity index (χ2n) is 8.33. The Hall–Kier alpha value is -3.07. The average Bonchev–Trinajstić information content (AvgIpc) is 3.24. The number of halogens is 1. The van der Waals surface area contributed by atoms with Crippen molar-refractivity contribution in [2.75, 3.05) is 23.8 Å². The first-order chi connectivity index (χ1) is 16.5. The predicted octanol–water partition coefficient (Wildman–Crippen LogP) is 6.57. The summed E-state index contributed by atoms with van der Waals surface area (Å²) in [6.45, 7) is 5.97. The number of nitrogens with zero attached hydrogens (tertiary/aromatic N) is 1. The fourth-order valence-electron chi connectivity index (χ4n) is 4.00. The number of carbonyl (C=O) groups is 1. The lowest BCUT2D eigenvalue weighted by Gasteiger charge is -2.20. The smallest absolute Gasteiger partial charge is 0.265 e. The number of sulfonamides is 1. The van der Waals surface area contributed by atoms with Crippen LogP contribution in [0, 0.1) is 20.8 Å². The quantitative estimate of drug-likeness (QED) is 0.307. The van der Waals surface area contributed by atoms with E-state index in [1.807, 2.05) is 39.0 Å². The zero-order valence-electron chi connectivity index (χ0n) is 20.0. The lowest BCUT2D eigenvalue weighted by atomic mass is 10.1. The van der Waals surface area contributed by atoms with Gasteiger partial charge in [0.25, 0.3) is 15.9 Å². The minimum absolute atomic E-state index is 0.0557. The summed E-state index contributed by atoms with van der Waals surface area (Å²) < 4.78 is 33.6. The third kappa shape index (κ3) is 4.87. The van der Waals surface area contributed by atoms with Crippen LogP contribution < -0.4 is 14.4 Å². The number of thiophene rings is 1. The molecule has 1 heterocycles. The maximum Gasteiger partial charge on any atom is 0.265 e. The van der Waals surface area contributed by atoms with Crippen molar-refractivity contribution in [1.82, 2.24) is 0 Å². The van der Waals surface area contributed by atoms with Crippen LogP contribution >= 0.6 is 22.9 Å². The van der Waals surface area contributed by atoms with Crippen molar-refractivity contribution in [3.8, 4) is 5.75 Å². The molecule has 4 aromatic rings. The molecule has 0 aliphatic heterocycles. The first-order valence-corrected chi connectivity index (χ1v) is 13.4. The Morgan fingerprint density at radius 1 is 1.00 bits per heavy atom. The molecule has 1 amide bonds. The number of aryl methyl sites for hydroxylation is 3. The van der Waals surface area contributed by atoms with Crippen LogP contribution in [0.2, 0.25) is 5.02 Å². The van der Waals surface area contributed by atoms with E-state index in [0.717, 1.165) is 32.5 Å². The normalized spacial score (nSPS) is 11.5. The van der Waals surface area contributed by atoms with Gasteiger partial charge in [-0.05, 0) is 79.7 Å².